The monoisotopic (exact) mass is 284 g/mol. The maximum absolute atomic E-state index is 12.4. The van der Waals surface area contributed by atoms with E-state index in [2.05, 4.69) is 6.07 Å². The molecule has 102 valence electrons. The van der Waals surface area contributed by atoms with E-state index < -0.39 is 0 Å². The van der Waals surface area contributed by atoms with Crippen molar-refractivity contribution >= 4 is 29.0 Å². The number of hydrogen-bond donors (Lipinski definition) is 1. The van der Waals surface area contributed by atoms with Gasteiger partial charge in [0.15, 0.2) is 0 Å². The first-order chi connectivity index (χ1) is 9.65. The van der Waals surface area contributed by atoms with Crippen LogP contribution < -0.4 is 10.6 Å². The minimum absolute atomic E-state index is 0.0429. The minimum atomic E-state index is -0.0429. The lowest BCUT2D eigenvalue weighted by molar-refractivity contribution is -0.118. The Morgan fingerprint density at radius 1 is 1.15 bits per heavy atom. The molecule has 1 atom stereocenters. The molecular formula is C16H16N2OS. The highest BCUT2D eigenvalue weighted by Gasteiger charge is 2.30. The van der Waals surface area contributed by atoms with Crippen molar-refractivity contribution in [1.82, 2.24) is 0 Å². The van der Waals surface area contributed by atoms with Gasteiger partial charge in [0.25, 0.3) is 0 Å². The molecule has 3 rings (SSSR count). The van der Waals surface area contributed by atoms with Gasteiger partial charge in [0, 0.05) is 10.6 Å². The van der Waals surface area contributed by atoms with E-state index >= 15 is 0 Å². The molecule has 1 unspecified atom stereocenters. The summed E-state index contributed by atoms with van der Waals surface area (Å²) >= 11 is 1.63. The number of carbonyl (C=O) groups is 1. The number of benzene rings is 2. The Kier molecular flexibility index (Phi) is 3.40. The van der Waals surface area contributed by atoms with Crippen molar-refractivity contribution in [2.24, 2.45) is 0 Å². The van der Waals surface area contributed by atoms with E-state index in [0.717, 1.165) is 21.8 Å². The van der Waals surface area contributed by atoms with Crippen molar-refractivity contribution in [2.45, 2.75) is 23.6 Å². The zero-order valence-corrected chi connectivity index (χ0v) is 12.1. The van der Waals surface area contributed by atoms with Gasteiger partial charge in [-0.3, -0.25) is 4.79 Å². The maximum atomic E-state index is 12.4. The molecule has 2 N–H and O–H groups in total. The largest absolute Gasteiger partial charge is 0.399 e. The van der Waals surface area contributed by atoms with E-state index in [0.29, 0.717) is 6.54 Å². The first kappa shape index (κ1) is 13.1. The minimum Gasteiger partial charge on any atom is -0.399 e. The molecule has 0 spiro atoms. The Bertz CT molecular complexity index is 639. The van der Waals surface area contributed by atoms with Crippen LogP contribution in [0.3, 0.4) is 0 Å². The number of amides is 1. The lowest BCUT2D eigenvalue weighted by Gasteiger charge is -2.32. The van der Waals surface area contributed by atoms with Gasteiger partial charge in [-0.2, -0.15) is 0 Å². The van der Waals surface area contributed by atoms with Crippen LogP contribution in [0.4, 0.5) is 11.4 Å². The first-order valence-electron chi connectivity index (χ1n) is 6.56. The fourth-order valence-corrected chi connectivity index (χ4v) is 3.39. The summed E-state index contributed by atoms with van der Waals surface area (Å²) in [5.41, 5.74) is 8.52. The Morgan fingerprint density at radius 3 is 2.60 bits per heavy atom. The third-order valence-electron chi connectivity index (χ3n) is 3.39. The van der Waals surface area contributed by atoms with E-state index in [9.17, 15) is 4.79 Å². The van der Waals surface area contributed by atoms with Gasteiger partial charge >= 0.3 is 0 Å². The Labute approximate surface area is 122 Å². The number of anilines is 2. The first-order valence-corrected chi connectivity index (χ1v) is 7.44. The number of nitrogens with two attached hydrogens (primary N) is 1. The zero-order chi connectivity index (χ0) is 14.1. The lowest BCUT2D eigenvalue weighted by atomic mass is 10.1. The predicted octanol–water partition coefficient (Wildman–Crippen LogP) is 3.30. The van der Waals surface area contributed by atoms with Crippen LogP contribution in [0.15, 0.2) is 53.4 Å². The molecule has 0 aromatic heterocycles. The third-order valence-corrected chi connectivity index (χ3v) is 4.55. The van der Waals surface area contributed by atoms with Crippen molar-refractivity contribution in [1.29, 1.82) is 0 Å². The van der Waals surface area contributed by atoms with Crippen LogP contribution in [0.5, 0.6) is 0 Å². The average Bonchev–Trinajstić information content (AvgIpc) is 2.46. The smallest absolute Gasteiger partial charge is 0.240 e. The van der Waals surface area contributed by atoms with E-state index in [4.69, 9.17) is 5.73 Å². The van der Waals surface area contributed by atoms with Crippen molar-refractivity contribution < 1.29 is 4.79 Å². The summed E-state index contributed by atoms with van der Waals surface area (Å²) in [4.78, 5) is 15.5. The number of carbonyl (C=O) groups excluding carboxylic acids is 1. The van der Waals surface area contributed by atoms with Crippen LogP contribution in [0.25, 0.3) is 0 Å². The molecule has 20 heavy (non-hydrogen) atoms. The molecule has 0 fully saturated rings. The summed E-state index contributed by atoms with van der Waals surface area (Å²) in [5.74, 6) is 0.158. The SMILES string of the molecule is CC1Sc2ccccc2N(Cc2ccc(N)cc2)C1=O. The summed E-state index contributed by atoms with van der Waals surface area (Å²) in [7, 11) is 0. The Balaban J connectivity index is 1.95. The molecule has 1 aliphatic heterocycles. The maximum Gasteiger partial charge on any atom is 0.240 e. The topological polar surface area (TPSA) is 46.3 Å². The van der Waals surface area contributed by atoms with Crippen LogP contribution >= 0.6 is 11.8 Å². The van der Waals surface area contributed by atoms with E-state index in [-0.39, 0.29) is 11.2 Å². The fraction of sp³-hybridized carbons (Fsp3) is 0.188. The average molecular weight is 284 g/mol. The quantitative estimate of drug-likeness (QED) is 0.861. The molecule has 1 heterocycles. The normalized spacial score (nSPS) is 17.9. The van der Waals surface area contributed by atoms with Crippen LogP contribution in [0.1, 0.15) is 12.5 Å². The van der Waals surface area contributed by atoms with Gasteiger partial charge in [-0.25, -0.2) is 0 Å². The lowest BCUT2D eigenvalue weighted by Crippen LogP contribution is -2.39. The highest BCUT2D eigenvalue weighted by molar-refractivity contribution is 8.00. The molecule has 1 aliphatic rings. The molecule has 0 aliphatic carbocycles. The Morgan fingerprint density at radius 2 is 1.85 bits per heavy atom. The van der Waals surface area contributed by atoms with Gasteiger partial charge in [-0.05, 0) is 36.8 Å². The van der Waals surface area contributed by atoms with Crippen molar-refractivity contribution in [3.05, 3.63) is 54.1 Å². The van der Waals surface area contributed by atoms with Crippen LogP contribution in [0, 0.1) is 0 Å². The van der Waals surface area contributed by atoms with Gasteiger partial charge in [0.2, 0.25) is 5.91 Å². The van der Waals surface area contributed by atoms with Crippen LogP contribution in [0.2, 0.25) is 0 Å². The molecule has 1 amide bonds. The number of rotatable bonds is 2. The molecule has 0 bridgehead atoms. The van der Waals surface area contributed by atoms with Gasteiger partial charge in [0.05, 0.1) is 17.5 Å². The fourth-order valence-electron chi connectivity index (χ4n) is 2.33. The molecule has 4 heteroatoms. The molecule has 3 nitrogen and oxygen atoms in total. The van der Waals surface area contributed by atoms with Crippen molar-refractivity contribution in [3.63, 3.8) is 0 Å². The molecule has 0 saturated heterocycles. The molecule has 0 radical (unpaired) electrons. The van der Waals surface area contributed by atoms with E-state index in [1.54, 1.807) is 11.8 Å². The van der Waals surface area contributed by atoms with E-state index in [1.807, 2.05) is 54.3 Å². The number of nitrogen functional groups attached to an aromatic ring is 1. The van der Waals surface area contributed by atoms with Gasteiger partial charge in [-0.15, -0.1) is 11.8 Å². The predicted molar refractivity (Wildman–Crippen MR) is 83.8 cm³/mol. The van der Waals surface area contributed by atoms with Gasteiger partial charge in [-0.1, -0.05) is 24.3 Å². The molecule has 0 saturated carbocycles. The van der Waals surface area contributed by atoms with Crippen LogP contribution in [-0.4, -0.2) is 11.2 Å². The van der Waals surface area contributed by atoms with Gasteiger partial charge in [0.1, 0.15) is 0 Å². The summed E-state index contributed by atoms with van der Waals surface area (Å²) in [5, 5.41) is -0.0429. The van der Waals surface area contributed by atoms with E-state index in [1.165, 1.54) is 0 Å². The standard InChI is InChI=1S/C16H16N2OS/c1-11-16(19)18(10-12-6-8-13(17)9-7-12)14-4-2-3-5-15(14)20-11/h2-9,11H,10,17H2,1H3. The van der Waals surface area contributed by atoms with Crippen LogP contribution in [-0.2, 0) is 11.3 Å². The highest BCUT2D eigenvalue weighted by Crippen LogP contribution is 2.39. The Hall–Kier alpha value is -1.94. The summed E-state index contributed by atoms with van der Waals surface area (Å²) < 4.78 is 0. The highest BCUT2D eigenvalue weighted by atomic mass is 32.2. The second-order valence-electron chi connectivity index (χ2n) is 4.89. The number of para-hydroxylation sites is 1. The number of hydrogen-bond acceptors (Lipinski definition) is 3. The second-order valence-corrected chi connectivity index (χ2v) is 6.28. The molecule has 2 aromatic rings. The summed E-state index contributed by atoms with van der Waals surface area (Å²) in [6.07, 6.45) is 0. The van der Waals surface area contributed by atoms with Gasteiger partial charge < -0.3 is 10.6 Å². The number of thioether (sulfide) groups is 1. The number of fused-ring (bicyclic) bond motifs is 1. The van der Waals surface area contributed by atoms with Crippen molar-refractivity contribution in [2.75, 3.05) is 10.6 Å². The third kappa shape index (κ3) is 2.39. The van der Waals surface area contributed by atoms with Crippen molar-refractivity contribution in [3.8, 4) is 0 Å². The molecule has 2 aromatic carbocycles. The summed E-state index contributed by atoms with van der Waals surface area (Å²) in [6.45, 7) is 2.54. The summed E-state index contributed by atoms with van der Waals surface area (Å²) in [6, 6.07) is 15.7. The zero-order valence-electron chi connectivity index (χ0n) is 11.2. The molecular weight excluding hydrogens is 268 g/mol. The second kappa shape index (κ2) is 5.21. The number of nitrogens with zero attached hydrogens (tertiary/aromatic N) is 1.